The molecule has 6 amide bonds. The number of nitrogens with zero attached hydrogens (tertiary/aromatic N) is 2. The lowest BCUT2D eigenvalue weighted by Crippen LogP contribution is -2.54. The van der Waals surface area contributed by atoms with Crippen LogP contribution in [-0.4, -0.2) is 109 Å². The molecule has 0 aromatic heterocycles. The Balaban J connectivity index is 0.000000914. The lowest BCUT2D eigenvalue weighted by Gasteiger charge is -2.26. The van der Waals surface area contributed by atoms with E-state index >= 15 is 0 Å². The molecule has 14 nitrogen and oxygen atoms in total. The van der Waals surface area contributed by atoms with Gasteiger partial charge in [0.1, 0.15) is 12.1 Å². The summed E-state index contributed by atoms with van der Waals surface area (Å²) in [5.41, 5.74) is 0.559. The number of benzene rings is 1. The Bertz CT molecular complexity index is 1400. The van der Waals surface area contributed by atoms with E-state index in [0.29, 0.717) is 44.4 Å². The molecule has 1 aromatic rings. The van der Waals surface area contributed by atoms with Crippen LogP contribution in [0.2, 0.25) is 0 Å². The zero-order valence-electron chi connectivity index (χ0n) is 35.7. The third kappa shape index (κ3) is 19.9. The van der Waals surface area contributed by atoms with Crippen molar-refractivity contribution in [1.29, 1.82) is 0 Å². The van der Waals surface area contributed by atoms with Gasteiger partial charge in [0.05, 0.1) is 19.1 Å². The summed E-state index contributed by atoms with van der Waals surface area (Å²) in [6.45, 7) is 3.77. The standard InChI is InChI=1S/C34H50N6O7.C6H12.C4H10O/c1-4-12-25(31(44)33(46)36-21-28(42)38-30(34(47)39(2)3)24-14-8-6-9-15-24)37-32(45)26-16-11-20-40(26)29(43)22-35-27(41)17-10-5-7-13-23-18-19-23;1-2-4-6-5-3-1;1-2-3-4-5/h6,8-9,14-15,23,25-26,30H,4-5,7,10-13,16-22H2,1-3H3,(H,35,41)(H,36,46)(H,37,45)(H,38,42);1-6H2;5H,2-4H2,1H3. The number of carbonyl (C=O) groups is 7. The van der Waals surface area contributed by atoms with E-state index in [4.69, 9.17) is 5.11 Å². The Labute approximate surface area is 346 Å². The van der Waals surface area contributed by atoms with Crippen molar-refractivity contribution < 1.29 is 38.7 Å². The van der Waals surface area contributed by atoms with Gasteiger partial charge in [-0.3, -0.25) is 33.6 Å². The van der Waals surface area contributed by atoms with E-state index in [1.807, 2.05) is 0 Å². The van der Waals surface area contributed by atoms with E-state index in [0.717, 1.165) is 38.0 Å². The second-order valence-corrected chi connectivity index (χ2v) is 15.8. The summed E-state index contributed by atoms with van der Waals surface area (Å²) in [5, 5.41) is 18.2. The minimum atomic E-state index is -1.15. The van der Waals surface area contributed by atoms with Gasteiger partial charge in [0.15, 0.2) is 0 Å². The van der Waals surface area contributed by atoms with E-state index < -0.39 is 48.2 Å². The molecule has 58 heavy (non-hydrogen) atoms. The van der Waals surface area contributed by atoms with Crippen molar-refractivity contribution in [3.8, 4) is 0 Å². The van der Waals surface area contributed by atoms with Crippen molar-refractivity contribution in [3.05, 3.63) is 35.9 Å². The van der Waals surface area contributed by atoms with Gasteiger partial charge in [-0.25, -0.2) is 0 Å². The number of ketones is 1. The van der Waals surface area contributed by atoms with Gasteiger partial charge in [-0.15, -0.1) is 0 Å². The minimum absolute atomic E-state index is 0.176. The van der Waals surface area contributed by atoms with Crippen LogP contribution in [0.25, 0.3) is 0 Å². The molecule has 0 radical (unpaired) electrons. The molecular weight excluding hydrogens is 741 g/mol. The van der Waals surface area contributed by atoms with Gasteiger partial charge in [-0.2, -0.15) is 0 Å². The summed E-state index contributed by atoms with van der Waals surface area (Å²) in [5.74, 6) is -3.27. The smallest absolute Gasteiger partial charge is 0.290 e. The molecule has 1 heterocycles. The van der Waals surface area contributed by atoms with Crippen molar-refractivity contribution in [2.24, 2.45) is 5.92 Å². The highest BCUT2D eigenvalue weighted by Gasteiger charge is 2.37. The number of aliphatic hydroxyl groups is 1. The van der Waals surface area contributed by atoms with E-state index in [1.165, 1.54) is 67.6 Å². The molecule has 14 heteroatoms. The van der Waals surface area contributed by atoms with Crippen LogP contribution in [0.3, 0.4) is 0 Å². The number of unbranched alkanes of at least 4 members (excludes halogenated alkanes) is 3. The summed E-state index contributed by atoms with van der Waals surface area (Å²) in [6, 6.07) is 5.67. The summed E-state index contributed by atoms with van der Waals surface area (Å²) in [6.07, 6.45) is 19.8. The Morgan fingerprint density at radius 1 is 0.759 bits per heavy atom. The van der Waals surface area contributed by atoms with E-state index in [-0.39, 0.29) is 30.7 Å². The molecule has 1 saturated heterocycles. The van der Waals surface area contributed by atoms with E-state index in [2.05, 4.69) is 28.2 Å². The zero-order chi connectivity index (χ0) is 42.7. The van der Waals surface area contributed by atoms with Gasteiger partial charge in [-0.05, 0) is 43.6 Å². The molecule has 326 valence electrons. The fourth-order valence-corrected chi connectivity index (χ4v) is 6.86. The van der Waals surface area contributed by atoms with Crippen LogP contribution < -0.4 is 21.3 Å². The summed E-state index contributed by atoms with van der Waals surface area (Å²) < 4.78 is 0. The summed E-state index contributed by atoms with van der Waals surface area (Å²) in [4.78, 5) is 92.3. The maximum atomic E-state index is 13.2. The number of Topliss-reactive ketones (excluding diaryl/α,β-unsaturated/α-hetero) is 1. The molecule has 0 bridgehead atoms. The largest absolute Gasteiger partial charge is 0.396 e. The fourth-order valence-electron chi connectivity index (χ4n) is 6.86. The summed E-state index contributed by atoms with van der Waals surface area (Å²) in [7, 11) is 3.12. The molecule has 3 fully saturated rings. The summed E-state index contributed by atoms with van der Waals surface area (Å²) >= 11 is 0. The Kier molecular flexibility index (Phi) is 24.9. The van der Waals surface area contributed by atoms with Crippen LogP contribution in [0.5, 0.6) is 0 Å². The molecule has 1 aliphatic heterocycles. The van der Waals surface area contributed by atoms with E-state index in [1.54, 1.807) is 51.4 Å². The molecule has 3 unspecified atom stereocenters. The van der Waals surface area contributed by atoms with Crippen LogP contribution in [0, 0.1) is 5.92 Å². The fraction of sp³-hybridized carbons (Fsp3) is 0.705. The van der Waals surface area contributed by atoms with Gasteiger partial charge >= 0.3 is 0 Å². The topological polar surface area (TPSA) is 194 Å². The van der Waals surface area contributed by atoms with Crippen molar-refractivity contribution in [2.75, 3.05) is 40.3 Å². The Morgan fingerprint density at radius 3 is 1.97 bits per heavy atom. The van der Waals surface area contributed by atoms with Crippen molar-refractivity contribution in [3.63, 3.8) is 0 Å². The predicted molar refractivity (Wildman–Crippen MR) is 224 cm³/mol. The quantitative estimate of drug-likeness (QED) is 0.0885. The third-order valence-electron chi connectivity index (χ3n) is 10.5. The highest BCUT2D eigenvalue weighted by Crippen LogP contribution is 2.34. The number of aliphatic hydroxyl groups excluding tert-OH is 1. The van der Waals surface area contributed by atoms with Gasteiger partial charge in [-0.1, -0.05) is 128 Å². The maximum absolute atomic E-state index is 13.2. The second-order valence-electron chi connectivity index (χ2n) is 15.8. The molecular formula is C44H72N6O8. The predicted octanol–water partition coefficient (Wildman–Crippen LogP) is 4.49. The molecule has 3 aliphatic rings. The number of likely N-dealkylation sites (tertiary alicyclic amines) is 1. The van der Waals surface area contributed by atoms with E-state index in [9.17, 15) is 33.6 Å². The molecule has 4 rings (SSSR count). The average Bonchev–Trinajstić information content (AvgIpc) is 3.93. The monoisotopic (exact) mass is 813 g/mol. The number of hydrogen-bond donors (Lipinski definition) is 5. The highest BCUT2D eigenvalue weighted by atomic mass is 16.3. The number of nitrogens with one attached hydrogen (secondary N) is 4. The van der Waals surface area contributed by atoms with Crippen LogP contribution >= 0.6 is 0 Å². The molecule has 2 saturated carbocycles. The van der Waals surface area contributed by atoms with Gasteiger partial charge in [0.25, 0.3) is 5.91 Å². The Morgan fingerprint density at radius 2 is 1.41 bits per heavy atom. The van der Waals surface area contributed by atoms with Gasteiger partial charge in [0, 0.05) is 33.7 Å². The third-order valence-corrected chi connectivity index (χ3v) is 10.5. The normalized spacial score (nSPS) is 16.8. The average molecular weight is 813 g/mol. The molecule has 2 aliphatic carbocycles. The number of amides is 6. The second kappa shape index (κ2) is 29.0. The lowest BCUT2D eigenvalue weighted by molar-refractivity contribution is -0.142. The van der Waals surface area contributed by atoms with Crippen LogP contribution in [0.4, 0.5) is 0 Å². The minimum Gasteiger partial charge on any atom is -0.396 e. The number of hydrogen-bond acceptors (Lipinski definition) is 8. The Hall–Kier alpha value is -4.33. The van der Waals surface area contributed by atoms with Crippen LogP contribution in [0.1, 0.15) is 147 Å². The number of rotatable bonds is 21. The van der Waals surface area contributed by atoms with Crippen molar-refractivity contribution in [1.82, 2.24) is 31.1 Å². The first-order valence-corrected chi connectivity index (χ1v) is 21.8. The molecule has 5 N–H and O–H groups in total. The van der Waals surface area contributed by atoms with Gasteiger partial charge in [0.2, 0.25) is 35.3 Å². The highest BCUT2D eigenvalue weighted by molar-refractivity contribution is 6.38. The first-order chi connectivity index (χ1) is 27.9. The first kappa shape index (κ1) is 49.8. The number of likely N-dealkylation sites (N-methyl/N-ethyl adjacent to an activating group) is 1. The first-order valence-electron chi connectivity index (χ1n) is 21.8. The SMILES string of the molecule is C1CCCCC1.CCCC(NC(=O)C1CCCN1C(=O)CNC(=O)CCCCCC1CC1)C(=O)C(=O)NCC(=O)NC(C(=O)N(C)C)c1ccccc1.CCCCO. The van der Waals surface area contributed by atoms with Crippen LogP contribution in [-0.2, 0) is 33.6 Å². The zero-order valence-corrected chi connectivity index (χ0v) is 35.7. The van der Waals surface area contributed by atoms with Crippen LogP contribution in [0.15, 0.2) is 30.3 Å². The molecule has 3 atom stereocenters. The molecule has 1 aromatic carbocycles. The lowest BCUT2D eigenvalue weighted by atomic mass is 10.0. The van der Waals surface area contributed by atoms with Crippen molar-refractivity contribution in [2.45, 2.75) is 154 Å². The number of carbonyl (C=O) groups excluding carboxylic acids is 7. The molecule has 0 spiro atoms. The maximum Gasteiger partial charge on any atom is 0.290 e. The van der Waals surface area contributed by atoms with Crippen molar-refractivity contribution >= 4 is 41.2 Å². The van der Waals surface area contributed by atoms with Gasteiger partial charge < -0.3 is 36.2 Å².